The van der Waals surface area contributed by atoms with Crippen molar-refractivity contribution in [2.45, 2.75) is 6.29 Å². The van der Waals surface area contributed by atoms with Crippen molar-refractivity contribution in [1.82, 2.24) is 0 Å². The van der Waals surface area contributed by atoms with Gasteiger partial charge in [0.25, 0.3) is 6.29 Å². The van der Waals surface area contributed by atoms with E-state index in [-0.39, 0.29) is 0 Å². The van der Waals surface area contributed by atoms with Gasteiger partial charge in [-0.1, -0.05) is 91.0 Å². The number of rotatable bonds is 6. The molecule has 0 N–H and O–H groups in total. The highest BCUT2D eigenvalue weighted by molar-refractivity contribution is 5.63. The summed E-state index contributed by atoms with van der Waals surface area (Å²) in [5.74, 6) is 1.54. The van der Waals surface area contributed by atoms with Gasteiger partial charge in [0, 0.05) is 5.56 Å². The van der Waals surface area contributed by atoms with Gasteiger partial charge in [-0.2, -0.15) is 0 Å². The molecular weight excluding hydrogens is 332 g/mol. The van der Waals surface area contributed by atoms with Gasteiger partial charge in [0.15, 0.2) is 0 Å². The Balaban J connectivity index is 1.61. The Bertz CT molecular complexity index is 908. The van der Waals surface area contributed by atoms with Gasteiger partial charge >= 0.3 is 0 Å². The van der Waals surface area contributed by atoms with Gasteiger partial charge in [-0.05, 0) is 35.4 Å². The van der Waals surface area contributed by atoms with Crippen LogP contribution in [0.4, 0.5) is 0 Å². The van der Waals surface area contributed by atoms with Crippen LogP contribution in [0.2, 0.25) is 0 Å². The molecule has 0 heterocycles. The lowest BCUT2D eigenvalue weighted by Gasteiger charge is -2.21. The summed E-state index contributed by atoms with van der Waals surface area (Å²) in [5.41, 5.74) is 3.31. The van der Waals surface area contributed by atoms with Crippen LogP contribution in [0.3, 0.4) is 0 Å². The van der Waals surface area contributed by atoms with Crippen LogP contribution in [0.25, 0.3) is 11.1 Å². The maximum Gasteiger partial charge on any atom is 0.267 e. The molecule has 2 heteroatoms. The predicted molar refractivity (Wildman–Crippen MR) is 109 cm³/mol. The van der Waals surface area contributed by atoms with E-state index in [1.54, 1.807) is 0 Å². The van der Waals surface area contributed by atoms with Gasteiger partial charge in [-0.3, -0.25) is 0 Å². The van der Waals surface area contributed by atoms with Crippen LogP contribution in [0.15, 0.2) is 115 Å². The minimum Gasteiger partial charge on any atom is -0.451 e. The van der Waals surface area contributed by atoms with Crippen molar-refractivity contribution in [1.29, 1.82) is 0 Å². The van der Waals surface area contributed by atoms with Crippen molar-refractivity contribution >= 4 is 0 Å². The predicted octanol–water partition coefficient (Wildman–Crippen LogP) is 6.51. The smallest absolute Gasteiger partial charge is 0.267 e. The van der Waals surface area contributed by atoms with Crippen molar-refractivity contribution in [3.63, 3.8) is 0 Å². The molecule has 0 aliphatic heterocycles. The molecule has 0 spiro atoms. The molecule has 0 fully saturated rings. The van der Waals surface area contributed by atoms with Gasteiger partial charge < -0.3 is 9.47 Å². The summed E-state index contributed by atoms with van der Waals surface area (Å²) in [6, 6.07) is 38.1. The van der Waals surface area contributed by atoms with Crippen LogP contribution in [0.5, 0.6) is 11.5 Å². The van der Waals surface area contributed by atoms with Crippen molar-refractivity contribution in [3.8, 4) is 22.6 Å². The maximum atomic E-state index is 6.13. The van der Waals surface area contributed by atoms with Gasteiger partial charge in [-0.25, -0.2) is 0 Å². The Kier molecular flexibility index (Phi) is 5.16. The Hall–Kier alpha value is -3.52. The van der Waals surface area contributed by atoms with Gasteiger partial charge in [-0.15, -0.1) is 0 Å². The molecule has 132 valence electrons. The van der Waals surface area contributed by atoms with Crippen molar-refractivity contribution in [2.24, 2.45) is 0 Å². The Labute approximate surface area is 159 Å². The topological polar surface area (TPSA) is 18.5 Å². The standard InChI is InChI=1S/C25H20O2/c1-4-10-20(11-5-1)21-16-18-22(19-17-21)25(26-23-12-6-2-7-13-23)27-24-14-8-3-9-15-24/h1-19,25H. The Morgan fingerprint density at radius 2 is 0.815 bits per heavy atom. The average Bonchev–Trinajstić information content (AvgIpc) is 2.76. The molecular formula is C25H20O2. The summed E-state index contributed by atoms with van der Waals surface area (Å²) in [6.07, 6.45) is -0.528. The quantitative estimate of drug-likeness (QED) is 0.368. The van der Waals surface area contributed by atoms with E-state index < -0.39 is 6.29 Å². The molecule has 4 aromatic rings. The zero-order chi connectivity index (χ0) is 18.3. The molecule has 0 atom stereocenters. The van der Waals surface area contributed by atoms with Crippen LogP contribution >= 0.6 is 0 Å². The highest BCUT2D eigenvalue weighted by Crippen LogP contribution is 2.28. The Morgan fingerprint density at radius 1 is 0.407 bits per heavy atom. The van der Waals surface area contributed by atoms with E-state index in [4.69, 9.17) is 9.47 Å². The molecule has 4 aromatic carbocycles. The van der Waals surface area contributed by atoms with Gasteiger partial charge in [0.2, 0.25) is 0 Å². The highest BCUT2D eigenvalue weighted by Gasteiger charge is 2.15. The lowest BCUT2D eigenvalue weighted by Crippen LogP contribution is -2.15. The third kappa shape index (κ3) is 4.36. The summed E-state index contributed by atoms with van der Waals surface area (Å²) >= 11 is 0. The number of hydrogen-bond donors (Lipinski definition) is 0. The zero-order valence-corrected chi connectivity index (χ0v) is 14.9. The largest absolute Gasteiger partial charge is 0.451 e. The molecule has 0 unspecified atom stereocenters. The first kappa shape index (κ1) is 16.9. The summed E-state index contributed by atoms with van der Waals surface area (Å²) in [5, 5.41) is 0. The molecule has 0 radical (unpaired) electrons. The fraction of sp³-hybridized carbons (Fsp3) is 0.0400. The van der Waals surface area contributed by atoms with Gasteiger partial charge in [0.05, 0.1) is 0 Å². The summed E-state index contributed by atoms with van der Waals surface area (Å²) in [4.78, 5) is 0. The van der Waals surface area contributed by atoms with E-state index in [0.717, 1.165) is 22.6 Å². The molecule has 2 nitrogen and oxygen atoms in total. The molecule has 0 aromatic heterocycles. The molecule has 0 saturated heterocycles. The van der Waals surface area contributed by atoms with E-state index >= 15 is 0 Å². The van der Waals surface area contributed by atoms with Crippen molar-refractivity contribution in [2.75, 3.05) is 0 Å². The fourth-order valence-corrected chi connectivity index (χ4v) is 2.87. The number of hydrogen-bond acceptors (Lipinski definition) is 2. The number of para-hydroxylation sites is 2. The van der Waals surface area contributed by atoms with Crippen LogP contribution in [-0.2, 0) is 0 Å². The molecule has 0 amide bonds. The van der Waals surface area contributed by atoms with Gasteiger partial charge in [0.1, 0.15) is 11.5 Å². The molecule has 0 saturated carbocycles. The van der Waals surface area contributed by atoms with E-state index in [1.807, 2.05) is 78.9 Å². The van der Waals surface area contributed by atoms with E-state index in [1.165, 1.54) is 5.56 Å². The van der Waals surface area contributed by atoms with Crippen LogP contribution in [0, 0.1) is 0 Å². The average molecular weight is 352 g/mol. The normalized spacial score (nSPS) is 10.6. The van der Waals surface area contributed by atoms with E-state index in [9.17, 15) is 0 Å². The second-order valence-electron chi connectivity index (χ2n) is 6.18. The number of ether oxygens (including phenoxy) is 2. The molecule has 27 heavy (non-hydrogen) atoms. The minimum atomic E-state index is -0.528. The first-order valence-electron chi connectivity index (χ1n) is 8.97. The third-order valence-electron chi connectivity index (χ3n) is 4.26. The second kappa shape index (κ2) is 8.24. The molecule has 4 rings (SSSR count). The fourth-order valence-electron chi connectivity index (χ4n) is 2.87. The van der Waals surface area contributed by atoms with Crippen molar-refractivity contribution < 1.29 is 9.47 Å². The number of benzene rings is 4. The first-order chi connectivity index (χ1) is 13.4. The summed E-state index contributed by atoms with van der Waals surface area (Å²) in [6.45, 7) is 0. The Morgan fingerprint density at radius 3 is 1.30 bits per heavy atom. The zero-order valence-electron chi connectivity index (χ0n) is 14.9. The van der Waals surface area contributed by atoms with E-state index in [2.05, 4.69) is 36.4 Å². The SMILES string of the molecule is c1ccc(OC(Oc2ccccc2)c2ccc(-c3ccccc3)cc2)cc1. The molecule has 0 aliphatic carbocycles. The van der Waals surface area contributed by atoms with Crippen LogP contribution in [-0.4, -0.2) is 0 Å². The third-order valence-corrected chi connectivity index (χ3v) is 4.26. The lowest BCUT2D eigenvalue weighted by molar-refractivity contribution is 0.00383. The van der Waals surface area contributed by atoms with Crippen molar-refractivity contribution in [3.05, 3.63) is 121 Å². The monoisotopic (exact) mass is 352 g/mol. The van der Waals surface area contributed by atoms with Crippen LogP contribution in [0.1, 0.15) is 11.9 Å². The molecule has 0 aliphatic rings. The maximum absolute atomic E-state index is 6.13. The second-order valence-corrected chi connectivity index (χ2v) is 6.18. The van der Waals surface area contributed by atoms with E-state index in [0.29, 0.717) is 0 Å². The summed E-state index contributed by atoms with van der Waals surface area (Å²) < 4.78 is 12.3. The highest BCUT2D eigenvalue weighted by atomic mass is 16.7. The minimum absolute atomic E-state index is 0.528. The lowest BCUT2D eigenvalue weighted by atomic mass is 10.0. The van der Waals surface area contributed by atoms with Crippen LogP contribution < -0.4 is 9.47 Å². The summed E-state index contributed by atoms with van der Waals surface area (Å²) in [7, 11) is 0. The molecule has 0 bridgehead atoms. The first-order valence-corrected chi connectivity index (χ1v) is 8.97.